The van der Waals surface area contributed by atoms with Gasteiger partial charge in [-0.1, -0.05) is 68.5 Å². The van der Waals surface area contributed by atoms with Crippen LogP contribution in [-0.2, 0) is 4.79 Å². The Morgan fingerprint density at radius 2 is 1.66 bits per heavy atom. The first-order valence-corrected chi connectivity index (χ1v) is 10.7. The van der Waals surface area contributed by atoms with Crippen molar-refractivity contribution in [3.63, 3.8) is 0 Å². The van der Waals surface area contributed by atoms with Gasteiger partial charge in [-0.15, -0.1) is 0 Å². The molecule has 0 unspecified atom stereocenters. The van der Waals surface area contributed by atoms with Gasteiger partial charge in [0.1, 0.15) is 0 Å². The van der Waals surface area contributed by atoms with Gasteiger partial charge in [-0.25, -0.2) is 0 Å². The number of carbonyl (C=O) groups excluding carboxylic acids is 1. The van der Waals surface area contributed by atoms with Crippen molar-refractivity contribution in [1.82, 2.24) is 9.80 Å². The summed E-state index contributed by atoms with van der Waals surface area (Å²) in [4.78, 5) is 17.1. The highest BCUT2D eigenvalue weighted by Gasteiger charge is 2.18. The molecule has 0 aromatic heterocycles. The first kappa shape index (κ1) is 21.3. The Hall–Kier alpha value is -2.43. The molecule has 1 heterocycles. The number of nitrogens with zero attached hydrogens (tertiary/aromatic N) is 2. The van der Waals surface area contributed by atoms with E-state index in [0.717, 1.165) is 44.8 Å². The van der Waals surface area contributed by atoms with Gasteiger partial charge in [-0.05, 0) is 35.6 Å². The van der Waals surface area contributed by atoms with Crippen LogP contribution in [-0.4, -0.2) is 55.0 Å². The van der Waals surface area contributed by atoms with E-state index in [0.29, 0.717) is 12.5 Å². The highest BCUT2D eigenvalue weighted by Crippen LogP contribution is 2.20. The summed E-state index contributed by atoms with van der Waals surface area (Å²) < 4.78 is 0. The number of rotatable bonds is 8. The van der Waals surface area contributed by atoms with Gasteiger partial charge in [-0.2, -0.15) is 0 Å². The van der Waals surface area contributed by atoms with Crippen LogP contribution in [0.15, 0.2) is 60.7 Å². The lowest BCUT2D eigenvalue weighted by Crippen LogP contribution is -2.48. The SMILES string of the molecule is CC[C@H](C)c1ccc(NC(=O)CN2CCN(C/C=C/c3ccccc3)CC2)cc1. The van der Waals surface area contributed by atoms with E-state index in [9.17, 15) is 4.79 Å². The molecule has 1 fully saturated rings. The summed E-state index contributed by atoms with van der Waals surface area (Å²) in [6.45, 7) is 9.69. The van der Waals surface area contributed by atoms with Crippen LogP contribution < -0.4 is 5.32 Å². The van der Waals surface area contributed by atoms with Crippen molar-refractivity contribution in [2.75, 3.05) is 44.6 Å². The summed E-state index contributed by atoms with van der Waals surface area (Å²) in [5.41, 5.74) is 3.44. The maximum atomic E-state index is 12.4. The Balaban J connectivity index is 1.37. The fourth-order valence-electron chi connectivity index (χ4n) is 3.57. The lowest BCUT2D eigenvalue weighted by molar-refractivity contribution is -0.117. The summed E-state index contributed by atoms with van der Waals surface area (Å²) in [5.74, 6) is 0.622. The normalized spacial score (nSPS) is 16.8. The second-order valence-corrected chi connectivity index (χ2v) is 7.87. The zero-order valence-corrected chi connectivity index (χ0v) is 17.7. The Morgan fingerprint density at radius 3 is 2.31 bits per heavy atom. The van der Waals surface area contributed by atoms with E-state index in [4.69, 9.17) is 0 Å². The summed E-state index contributed by atoms with van der Waals surface area (Å²) in [7, 11) is 0. The van der Waals surface area contributed by atoms with Crippen molar-refractivity contribution in [2.24, 2.45) is 0 Å². The molecule has 1 aliphatic rings. The second-order valence-electron chi connectivity index (χ2n) is 7.87. The molecule has 0 spiro atoms. The van der Waals surface area contributed by atoms with Crippen LogP contribution in [0.25, 0.3) is 6.08 Å². The van der Waals surface area contributed by atoms with Crippen molar-refractivity contribution >= 4 is 17.7 Å². The number of amides is 1. The third-order valence-corrected chi connectivity index (χ3v) is 5.68. The highest BCUT2D eigenvalue weighted by molar-refractivity contribution is 5.92. The van der Waals surface area contributed by atoms with Crippen LogP contribution in [0.3, 0.4) is 0 Å². The predicted octanol–water partition coefficient (Wildman–Crippen LogP) is 4.47. The van der Waals surface area contributed by atoms with Gasteiger partial charge >= 0.3 is 0 Å². The molecule has 0 saturated carbocycles. The first-order valence-electron chi connectivity index (χ1n) is 10.7. The van der Waals surface area contributed by atoms with Crippen molar-refractivity contribution in [3.8, 4) is 0 Å². The number of carbonyl (C=O) groups is 1. The number of piperazine rings is 1. The number of anilines is 1. The molecule has 1 amide bonds. The van der Waals surface area contributed by atoms with E-state index in [-0.39, 0.29) is 5.91 Å². The predicted molar refractivity (Wildman–Crippen MR) is 122 cm³/mol. The van der Waals surface area contributed by atoms with Crippen molar-refractivity contribution in [3.05, 3.63) is 71.8 Å². The molecule has 3 rings (SSSR count). The first-order chi connectivity index (χ1) is 14.1. The lowest BCUT2D eigenvalue weighted by atomic mass is 9.99. The fraction of sp³-hybridized carbons (Fsp3) is 0.400. The summed E-state index contributed by atoms with van der Waals surface area (Å²) in [6, 6.07) is 18.6. The van der Waals surface area contributed by atoms with E-state index in [1.807, 2.05) is 18.2 Å². The molecule has 0 radical (unpaired) electrons. The maximum Gasteiger partial charge on any atom is 0.238 e. The molecule has 1 N–H and O–H groups in total. The molecular formula is C25H33N3O. The third kappa shape index (κ3) is 6.84. The smallest absolute Gasteiger partial charge is 0.238 e. The molecule has 0 bridgehead atoms. The van der Waals surface area contributed by atoms with Crippen LogP contribution in [0, 0.1) is 0 Å². The quantitative estimate of drug-likeness (QED) is 0.721. The van der Waals surface area contributed by atoms with Crippen LogP contribution in [0.2, 0.25) is 0 Å². The van der Waals surface area contributed by atoms with Crippen LogP contribution in [0.4, 0.5) is 5.69 Å². The van der Waals surface area contributed by atoms with Gasteiger partial charge in [0.05, 0.1) is 6.54 Å². The minimum absolute atomic E-state index is 0.0683. The third-order valence-electron chi connectivity index (χ3n) is 5.68. The average Bonchev–Trinajstić information content (AvgIpc) is 2.75. The van der Waals surface area contributed by atoms with Crippen LogP contribution >= 0.6 is 0 Å². The van der Waals surface area contributed by atoms with Gasteiger partial charge in [0.15, 0.2) is 0 Å². The number of benzene rings is 2. The molecule has 29 heavy (non-hydrogen) atoms. The molecule has 1 aliphatic heterocycles. The Labute approximate surface area is 175 Å². The van der Waals surface area contributed by atoms with E-state index in [2.05, 4.69) is 77.5 Å². The van der Waals surface area contributed by atoms with E-state index >= 15 is 0 Å². The van der Waals surface area contributed by atoms with Crippen molar-refractivity contribution in [2.45, 2.75) is 26.2 Å². The minimum atomic E-state index is 0.0683. The molecule has 2 aromatic carbocycles. The molecule has 2 aromatic rings. The number of hydrogen-bond acceptors (Lipinski definition) is 3. The summed E-state index contributed by atoms with van der Waals surface area (Å²) in [5, 5.41) is 3.03. The van der Waals surface area contributed by atoms with Crippen molar-refractivity contribution in [1.29, 1.82) is 0 Å². The minimum Gasteiger partial charge on any atom is -0.325 e. The molecule has 0 aliphatic carbocycles. The van der Waals surface area contributed by atoms with Gasteiger partial charge in [-0.3, -0.25) is 14.6 Å². The van der Waals surface area contributed by atoms with Crippen LogP contribution in [0.1, 0.15) is 37.3 Å². The monoisotopic (exact) mass is 391 g/mol. The Bertz CT molecular complexity index is 777. The van der Waals surface area contributed by atoms with E-state index in [1.165, 1.54) is 11.1 Å². The lowest BCUT2D eigenvalue weighted by Gasteiger charge is -2.33. The highest BCUT2D eigenvalue weighted by atomic mass is 16.2. The molecule has 4 nitrogen and oxygen atoms in total. The molecule has 1 atom stereocenters. The fourth-order valence-corrected chi connectivity index (χ4v) is 3.57. The zero-order valence-electron chi connectivity index (χ0n) is 17.7. The number of hydrogen-bond donors (Lipinski definition) is 1. The topological polar surface area (TPSA) is 35.6 Å². The summed E-state index contributed by atoms with van der Waals surface area (Å²) in [6.07, 6.45) is 5.52. The molecule has 4 heteroatoms. The standard InChI is InChI=1S/C25H33N3O/c1-3-21(2)23-11-13-24(14-12-23)26-25(29)20-28-18-16-27(17-19-28)15-7-10-22-8-5-4-6-9-22/h4-14,21H,3,15-20H2,1-2H3,(H,26,29)/b10-7+/t21-/m0/s1. The van der Waals surface area contributed by atoms with E-state index in [1.54, 1.807) is 0 Å². The van der Waals surface area contributed by atoms with E-state index < -0.39 is 0 Å². The molecule has 1 saturated heterocycles. The average molecular weight is 392 g/mol. The zero-order chi connectivity index (χ0) is 20.5. The Kier molecular flexibility index (Phi) is 8.03. The summed E-state index contributed by atoms with van der Waals surface area (Å²) >= 11 is 0. The van der Waals surface area contributed by atoms with Gasteiger partial charge in [0.2, 0.25) is 5.91 Å². The largest absolute Gasteiger partial charge is 0.325 e. The van der Waals surface area contributed by atoms with Gasteiger partial charge in [0, 0.05) is 38.4 Å². The Morgan fingerprint density at radius 1 is 1.00 bits per heavy atom. The van der Waals surface area contributed by atoms with Gasteiger partial charge in [0.25, 0.3) is 0 Å². The number of nitrogens with one attached hydrogen (secondary N) is 1. The molecule has 154 valence electrons. The molecular weight excluding hydrogens is 358 g/mol. The second kappa shape index (κ2) is 10.9. The van der Waals surface area contributed by atoms with Crippen LogP contribution in [0.5, 0.6) is 0 Å². The maximum absolute atomic E-state index is 12.4. The van der Waals surface area contributed by atoms with Crippen molar-refractivity contribution < 1.29 is 4.79 Å². The van der Waals surface area contributed by atoms with Gasteiger partial charge < -0.3 is 5.32 Å².